The van der Waals surface area contributed by atoms with Gasteiger partial charge >= 0.3 is 0 Å². The highest BCUT2D eigenvalue weighted by Crippen LogP contribution is 2.32. The smallest absolute Gasteiger partial charge is 0.268 e. The molecule has 2 aromatic heterocycles. The van der Waals surface area contributed by atoms with E-state index in [1.165, 1.54) is 36.3 Å². The van der Waals surface area contributed by atoms with Crippen LogP contribution in [-0.2, 0) is 13.6 Å². The summed E-state index contributed by atoms with van der Waals surface area (Å²) in [7, 11) is 1.98. The van der Waals surface area contributed by atoms with E-state index in [4.69, 9.17) is 0 Å². The Balaban J connectivity index is 1.42. The molecule has 0 aliphatic carbocycles. The number of anilines is 1. The molecular formula is C23H33N5OS. The van der Waals surface area contributed by atoms with Gasteiger partial charge in [-0.1, -0.05) is 6.92 Å². The normalized spacial score (nSPS) is 18.2. The number of aromatic nitrogens is 2. The Morgan fingerprint density at radius 2 is 1.97 bits per heavy atom. The van der Waals surface area contributed by atoms with E-state index in [0.717, 1.165) is 43.4 Å². The highest BCUT2D eigenvalue weighted by atomic mass is 32.2. The Morgan fingerprint density at radius 1 is 1.23 bits per heavy atom. The molecule has 0 spiro atoms. The molecular weight excluding hydrogens is 394 g/mol. The molecule has 1 amide bonds. The van der Waals surface area contributed by atoms with Gasteiger partial charge in [-0.2, -0.15) is 0 Å². The third-order valence-electron chi connectivity index (χ3n) is 6.46. The van der Waals surface area contributed by atoms with E-state index < -0.39 is 0 Å². The molecule has 2 fully saturated rings. The highest BCUT2D eigenvalue weighted by Gasteiger charge is 2.22. The fourth-order valence-corrected chi connectivity index (χ4v) is 5.39. The van der Waals surface area contributed by atoms with Gasteiger partial charge in [-0.05, 0) is 62.6 Å². The van der Waals surface area contributed by atoms with Gasteiger partial charge in [-0.3, -0.25) is 9.78 Å². The van der Waals surface area contributed by atoms with Crippen LogP contribution in [0.4, 0.5) is 5.69 Å². The van der Waals surface area contributed by atoms with Crippen molar-refractivity contribution in [1.29, 1.82) is 0 Å². The fourth-order valence-electron chi connectivity index (χ4n) is 4.29. The maximum absolute atomic E-state index is 13.0. The third-order valence-corrected chi connectivity index (χ3v) is 7.69. The Labute approximate surface area is 184 Å². The molecule has 0 bridgehead atoms. The lowest BCUT2D eigenvalue weighted by Gasteiger charge is -2.28. The summed E-state index contributed by atoms with van der Waals surface area (Å²) in [5, 5.41) is 3.12. The van der Waals surface area contributed by atoms with E-state index in [1.807, 2.05) is 30.1 Å². The summed E-state index contributed by atoms with van der Waals surface area (Å²) in [5.74, 6) is 0.786. The predicted octanol–water partition coefficient (Wildman–Crippen LogP) is 4.00. The van der Waals surface area contributed by atoms with Crippen LogP contribution in [0.25, 0.3) is 0 Å². The van der Waals surface area contributed by atoms with Gasteiger partial charge in [0.05, 0.1) is 0 Å². The zero-order valence-corrected chi connectivity index (χ0v) is 19.2. The van der Waals surface area contributed by atoms with Gasteiger partial charge in [0.15, 0.2) is 0 Å². The largest absolute Gasteiger partial charge is 0.371 e. The van der Waals surface area contributed by atoms with Crippen LogP contribution in [0.1, 0.15) is 54.4 Å². The van der Waals surface area contributed by atoms with E-state index in [2.05, 4.69) is 39.4 Å². The Bertz CT molecular complexity index is 882. The van der Waals surface area contributed by atoms with E-state index >= 15 is 0 Å². The van der Waals surface area contributed by atoms with Gasteiger partial charge in [0.25, 0.3) is 5.91 Å². The number of nitrogens with one attached hydrogen (secondary N) is 1. The van der Waals surface area contributed by atoms with Gasteiger partial charge in [0, 0.05) is 74.0 Å². The average Bonchev–Trinajstić information content (AvgIpc) is 3.38. The maximum atomic E-state index is 13.0. The number of rotatable bonds is 6. The molecule has 0 radical (unpaired) electrons. The van der Waals surface area contributed by atoms with Crippen molar-refractivity contribution in [2.75, 3.05) is 31.1 Å². The zero-order chi connectivity index (χ0) is 21.1. The van der Waals surface area contributed by atoms with Crippen LogP contribution in [0.5, 0.6) is 0 Å². The van der Waals surface area contributed by atoms with Crippen LogP contribution >= 0.6 is 11.9 Å². The molecule has 4 rings (SSSR count). The molecule has 7 heteroatoms. The van der Waals surface area contributed by atoms with Crippen molar-refractivity contribution in [1.82, 2.24) is 19.2 Å². The van der Waals surface area contributed by atoms with Crippen LogP contribution < -0.4 is 10.2 Å². The number of piperidine rings is 1. The molecule has 2 aliphatic heterocycles. The second-order valence-corrected chi connectivity index (χ2v) is 9.76. The van der Waals surface area contributed by atoms with Gasteiger partial charge in [-0.25, -0.2) is 4.31 Å². The van der Waals surface area contributed by atoms with Gasteiger partial charge < -0.3 is 14.8 Å². The minimum absolute atomic E-state index is 0.0315. The summed E-state index contributed by atoms with van der Waals surface area (Å²) in [6.07, 6.45) is 8.67. The number of carbonyl (C=O) groups excluding carboxylic acids is 1. The average molecular weight is 428 g/mol. The third kappa shape index (κ3) is 4.67. The molecule has 30 heavy (non-hydrogen) atoms. The first-order valence-electron chi connectivity index (χ1n) is 11.1. The van der Waals surface area contributed by atoms with Crippen molar-refractivity contribution in [2.45, 2.75) is 51.0 Å². The molecule has 2 aliphatic rings. The van der Waals surface area contributed by atoms with E-state index in [9.17, 15) is 4.79 Å². The standard InChI is InChI=1S/C23H33N5OS/c1-17-7-12-28(13-8-17)30-22-14-21(26(3)18(22)2)23(29)25-16-19-15-24-9-6-20(19)27-10-4-5-11-27/h6,9,14-15,17H,4-5,7-8,10-13,16H2,1-3H3,(H,25,29). The van der Waals surface area contributed by atoms with E-state index in [0.29, 0.717) is 12.2 Å². The lowest BCUT2D eigenvalue weighted by molar-refractivity contribution is 0.0942. The molecule has 2 saturated heterocycles. The summed E-state index contributed by atoms with van der Waals surface area (Å²) in [5.41, 5.74) is 4.13. The van der Waals surface area contributed by atoms with Crippen LogP contribution in [0.3, 0.4) is 0 Å². The van der Waals surface area contributed by atoms with Crippen LogP contribution in [-0.4, -0.2) is 45.9 Å². The minimum Gasteiger partial charge on any atom is -0.371 e. The van der Waals surface area contributed by atoms with Crippen molar-refractivity contribution in [3.63, 3.8) is 0 Å². The molecule has 2 aromatic rings. The van der Waals surface area contributed by atoms with E-state index in [-0.39, 0.29) is 5.91 Å². The topological polar surface area (TPSA) is 53.4 Å². The first-order valence-corrected chi connectivity index (χ1v) is 11.9. The second kappa shape index (κ2) is 9.43. The van der Waals surface area contributed by atoms with E-state index in [1.54, 1.807) is 11.9 Å². The molecule has 0 atom stereocenters. The highest BCUT2D eigenvalue weighted by molar-refractivity contribution is 7.97. The summed E-state index contributed by atoms with van der Waals surface area (Å²) in [6, 6.07) is 4.10. The van der Waals surface area contributed by atoms with Gasteiger partial charge in [-0.15, -0.1) is 0 Å². The first-order chi connectivity index (χ1) is 14.5. The molecule has 0 aromatic carbocycles. The lowest BCUT2D eigenvalue weighted by atomic mass is 10.0. The number of hydrogen-bond donors (Lipinski definition) is 1. The van der Waals surface area contributed by atoms with Crippen molar-refractivity contribution in [2.24, 2.45) is 13.0 Å². The summed E-state index contributed by atoms with van der Waals surface area (Å²) >= 11 is 1.80. The van der Waals surface area contributed by atoms with Gasteiger partial charge in [0.2, 0.25) is 0 Å². The second-order valence-electron chi connectivity index (χ2n) is 8.62. The van der Waals surface area contributed by atoms with Crippen molar-refractivity contribution in [3.8, 4) is 0 Å². The van der Waals surface area contributed by atoms with Gasteiger partial charge in [0.1, 0.15) is 5.69 Å². The summed E-state index contributed by atoms with van der Waals surface area (Å²) in [4.78, 5) is 20.8. The fraction of sp³-hybridized carbons (Fsp3) is 0.565. The van der Waals surface area contributed by atoms with Crippen molar-refractivity contribution < 1.29 is 4.79 Å². The van der Waals surface area contributed by atoms with Crippen LogP contribution in [0.15, 0.2) is 29.4 Å². The molecule has 0 saturated carbocycles. The summed E-state index contributed by atoms with van der Waals surface area (Å²) < 4.78 is 4.44. The SMILES string of the molecule is Cc1c(SN2CCC(C)CC2)cc(C(=O)NCc2cnccc2N2CCCC2)n1C. The number of amides is 1. The Kier molecular flexibility index (Phi) is 6.68. The van der Waals surface area contributed by atoms with Crippen molar-refractivity contribution >= 4 is 23.5 Å². The maximum Gasteiger partial charge on any atom is 0.268 e. The van der Waals surface area contributed by atoms with Crippen LogP contribution in [0, 0.1) is 12.8 Å². The summed E-state index contributed by atoms with van der Waals surface area (Å²) in [6.45, 7) is 9.31. The van der Waals surface area contributed by atoms with Crippen LogP contribution in [0.2, 0.25) is 0 Å². The lowest BCUT2D eigenvalue weighted by Crippen LogP contribution is -2.27. The monoisotopic (exact) mass is 427 g/mol. The first kappa shape index (κ1) is 21.2. The quantitative estimate of drug-likeness (QED) is 0.707. The number of hydrogen-bond acceptors (Lipinski definition) is 5. The molecule has 1 N–H and O–H groups in total. The molecule has 162 valence electrons. The molecule has 0 unspecified atom stereocenters. The predicted molar refractivity (Wildman–Crippen MR) is 123 cm³/mol. The Hall–Kier alpha value is -1.99. The molecule has 6 nitrogen and oxygen atoms in total. The van der Waals surface area contributed by atoms with Crippen molar-refractivity contribution in [3.05, 3.63) is 41.5 Å². The number of pyridine rings is 1. The Morgan fingerprint density at radius 3 is 2.70 bits per heavy atom. The minimum atomic E-state index is -0.0315. The zero-order valence-electron chi connectivity index (χ0n) is 18.4. The molecule has 4 heterocycles. The number of nitrogens with zero attached hydrogens (tertiary/aromatic N) is 4. The number of carbonyl (C=O) groups is 1.